The number of hydrogen-bond acceptors (Lipinski definition) is 9. The Kier molecular flexibility index (Phi) is 7.04. The van der Waals surface area contributed by atoms with Crippen molar-refractivity contribution in [2.75, 3.05) is 44.9 Å². The maximum absolute atomic E-state index is 13.4. The number of fused-ring (bicyclic) bond motifs is 1. The molecule has 5 rings (SSSR count). The molecule has 0 atom stereocenters. The van der Waals surface area contributed by atoms with E-state index in [4.69, 9.17) is 19.4 Å². The summed E-state index contributed by atoms with van der Waals surface area (Å²) in [4.78, 5) is 22.3. The Morgan fingerprint density at radius 2 is 1.84 bits per heavy atom. The van der Waals surface area contributed by atoms with Gasteiger partial charge >= 0.3 is 0 Å². The third-order valence-corrected chi connectivity index (χ3v) is 8.40. The monoisotopic (exact) mass is 525 g/mol. The molecule has 0 aliphatic carbocycles. The Morgan fingerprint density at radius 3 is 2.54 bits per heavy atom. The number of non-ortho nitro benzene ring substituents is 1. The SMILES string of the molecule is COc1cccc(Cc2nc3c(c(N4CCOCC4)n2)CN(S(=O)(=O)c2ccc([N+](=O)[O-])cc2)CC3)c1. The first kappa shape index (κ1) is 25.1. The summed E-state index contributed by atoms with van der Waals surface area (Å²) in [6.45, 7) is 2.81. The van der Waals surface area contributed by atoms with E-state index in [-0.39, 0.29) is 23.7 Å². The highest BCUT2D eigenvalue weighted by Gasteiger charge is 2.33. The lowest BCUT2D eigenvalue weighted by Gasteiger charge is -2.34. The molecule has 3 heterocycles. The van der Waals surface area contributed by atoms with Gasteiger partial charge in [0.15, 0.2) is 0 Å². The second kappa shape index (κ2) is 10.4. The summed E-state index contributed by atoms with van der Waals surface area (Å²) in [5.41, 5.74) is 2.48. The van der Waals surface area contributed by atoms with Gasteiger partial charge < -0.3 is 14.4 Å². The van der Waals surface area contributed by atoms with Gasteiger partial charge in [-0.2, -0.15) is 4.31 Å². The van der Waals surface area contributed by atoms with Crippen molar-refractivity contribution in [1.29, 1.82) is 0 Å². The number of hydrogen-bond donors (Lipinski definition) is 0. The number of nitro benzene ring substituents is 1. The van der Waals surface area contributed by atoms with E-state index in [1.54, 1.807) is 7.11 Å². The van der Waals surface area contributed by atoms with Gasteiger partial charge in [0.2, 0.25) is 10.0 Å². The van der Waals surface area contributed by atoms with Gasteiger partial charge in [-0.15, -0.1) is 0 Å². The second-order valence-corrected chi connectivity index (χ2v) is 10.8. The average Bonchev–Trinajstić information content (AvgIpc) is 2.93. The lowest BCUT2D eigenvalue weighted by atomic mass is 10.1. The minimum Gasteiger partial charge on any atom is -0.497 e. The number of benzene rings is 2. The number of morpholine rings is 1. The van der Waals surface area contributed by atoms with Crippen LogP contribution in [0.15, 0.2) is 53.4 Å². The van der Waals surface area contributed by atoms with Crippen molar-refractivity contribution >= 4 is 21.5 Å². The van der Waals surface area contributed by atoms with Crippen molar-refractivity contribution in [1.82, 2.24) is 14.3 Å². The minimum absolute atomic E-state index is 0.0186. The molecule has 2 aliphatic rings. The zero-order valence-electron chi connectivity index (χ0n) is 20.4. The third kappa shape index (κ3) is 5.26. The number of ether oxygens (including phenoxy) is 2. The van der Waals surface area contributed by atoms with Crippen LogP contribution >= 0.6 is 0 Å². The molecule has 2 aromatic carbocycles. The lowest BCUT2D eigenvalue weighted by Crippen LogP contribution is -2.41. The van der Waals surface area contributed by atoms with Crippen LogP contribution in [0.5, 0.6) is 5.75 Å². The van der Waals surface area contributed by atoms with Gasteiger partial charge in [0, 0.05) is 56.7 Å². The molecule has 11 nitrogen and oxygen atoms in total. The van der Waals surface area contributed by atoms with Crippen molar-refractivity contribution in [3.8, 4) is 5.75 Å². The quantitative estimate of drug-likeness (QED) is 0.338. The number of nitro groups is 1. The molecule has 0 saturated carbocycles. The highest BCUT2D eigenvalue weighted by Crippen LogP contribution is 2.31. The van der Waals surface area contributed by atoms with E-state index in [9.17, 15) is 18.5 Å². The van der Waals surface area contributed by atoms with Gasteiger partial charge in [-0.05, 0) is 29.8 Å². The van der Waals surface area contributed by atoms with Crippen LogP contribution in [-0.2, 0) is 34.1 Å². The number of nitrogens with zero attached hydrogens (tertiary/aromatic N) is 5. The minimum atomic E-state index is -3.86. The van der Waals surface area contributed by atoms with Gasteiger partial charge in [-0.1, -0.05) is 12.1 Å². The van der Waals surface area contributed by atoms with Gasteiger partial charge in [-0.3, -0.25) is 10.1 Å². The fourth-order valence-electron chi connectivity index (χ4n) is 4.60. The molecular weight excluding hydrogens is 498 g/mol. The number of aromatic nitrogens is 2. The van der Waals surface area contributed by atoms with E-state index in [0.29, 0.717) is 45.0 Å². The summed E-state index contributed by atoms with van der Waals surface area (Å²) in [6.07, 6.45) is 0.957. The van der Waals surface area contributed by atoms with E-state index < -0.39 is 14.9 Å². The molecule has 1 fully saturated rings. The molecule has 0 spiro atoms. The summed E-state index contributed by atoms with van der Waals surface area (Å²) < 4.78 is 39.1. The van der Waals surface area contributed by atoms with Crippen LogP contribution in [0, 0.1) is 10.1 Å². The molecule has 0 unspecified atom stereocenters. The van der Waals surface area contributed by atoms with Crippen molar-refractivity contribution in [2.24, 2.45) is 0 Å². The largest absolute Gasteiger partial charge is 0.497 e. The van der Waals surface area contributed by atoms with Crippen LogP contribution in [0.4, 0.5) is 11.5 Å². The molecular formula is C25H27N5O6S. The van der Waals surface area contributed by atoms with Crippen LogP contribution in [0.2, 0.25) is 0 Å². The van der Waals surface area contributed by atoms with Crippen LogP contribution in [0.1, 0.15) is 22.6 Å². The summed E-state index contributed by atoms with van der Waals surface area (Å²) in [6, 6.07) is 12.7. The van der Waals surface area contributed by atoms with Crippen LogP contribution in [0.3, 0.4) is 0 Å². The lowest BCUT2D eigenvalue weighted by molar-refractivity contribution is -0.384. The molecule has 3 aromatic rings. The van der Waals surface area contributed by atoms with Gasteiger partial charge in [0.05, 0.1) is 35.8 Å². The zero-order chi connectivity index (χ0) is 26.0. The smallest absolute Gasteiger partial charge is 0.269 e. The van der Waals surface area contributed by atoms with Crippen molar-refractivity contribution < 1.29 is 22.8 Å². The maximum Gasteiger partial charge on any atom is 0.269 e. The standard InChI is InChI=1S/C25H27N5O6S/c1-35-20-4-2-3-18(15-20)16-24-26-23-9-10-29(17-22(23)25(27-24)28-11-13-36-14-12-28)37(33,34)21-7-5-19(6-8-21)30(31)32/h2-8,15H,9-14,16-17H2,1H3. The predicted octanol–water partition coefficient (Wildman–Crippen LogP) is 2.57. The summed E-state index contributed by atoms with van der Waals surface area (Å²) >= 11 is 0. The summed E-state index contributed by atoms with van der Waals surface area (Å²) in [5, 5.41) is 11.0. The fourth-order valence-corrected chi connectivity index (χ4v) is 6.01. The summed E-state index contributed by atoms with van der Waals surface area (Å²) in [7, 11) is -2.24. The highest BCUT2D eigenvalue weighted by atomic mass is 32.2. The summed E-state index contributed by atoms with van der Waals surface area (Å²) in [5.74, 6) is 2.16. The first-order chi connectivity index (χ1) is 17.8. The molecule has 2 aliphatic heterocycles. The molecule has 1 aromatic heterocycles. The van der Waals surface area contributed by atoms with Gasteiger partial charge in [-0.25, -0.2) is 18.4 Å². The number of methoxy groups -OCH3 is 1. The van der Waals surface area contributed by atoms with Crippen molar-refractivity contribution in [3.63, 3.8) is 0 Å². The van der Waals surface area contributed by atoms with Gasteiger partial charge in [0.25, 0.3) is 5.69 Å². The van der Waals surface area contributed by atoms with E-state index in [1.165, 1.54) is 28.6 Å². The van der Waals surface area contributed by atoms with Crippen LogP contribution in [0.25, 0.3) is 0 Å². The molecule has 37 heavy (non-hydrogen) atoms. The maximum atomic E-state index is 13.4. The number of rotatable bonds is 7. The predicted molar refractivity (Wildman–Crippen MR) is 135 cm³/mol. The number of sulfonamides is 1. The van der Waals surface area contributed by atoms with Crippen LogP contribution < -0.4 is 9.64 Å². The second-order valence-electron chi connectivity index (χ2n) is 8.86. The Bertz CT molecular complexity index is 1410. The molecule has 1 saturated heterocycles. The third-order valence-electron chi connectivity index (χ3n) is 6.54. The highest BCUT2D eigenvalue weighted by molar-refractivity contribution is 7.89. The van der Waals surface area contributed by atoms with Crippen LogP contribution in [-0.4, -0.2) is 67.6 Å². The molecule has 0 amide bonds. The Balaban J connectivity index is 1.47. The van der Waals surface area contributed by atoms with Gasteiger partial charge in [0.1, 0.15) is 17.4 Å². The first-order valence-electron chi connectivity index (χ1n) is 11.9. The molecule has 0 radical (unpaired) electrons. The Labute approximate surface area is 214 Å². The molecule has 194 valence electrons. The zero-order valence-corrected chi connectivity index (χ0v) is 21.2. The van der Waals surface area contributed by atoms with Crippen molar-refractivity contribution in [2.45, 2.75) is 24.3 Å². The molecule has 12 heteroatoms. The Morgan fingerprint density at radius 1 is 1.08 bits per heavy atom. The fraction of sp³-hybridized carbons (Fsp3) is 0.360. The van der Waals surface area contributed by atoms with E-state index in [2.05, 4.69) is 4.90 Å². The first-order valence-corrected chi connectivity index (χ1v) is 13.4. The normalized spacial score (nSPS) is 16.3. The van der Waals surface area contributed by atoms with Crippen molar-refractivity contribution in [3.05, 3.63) is 81.3 Å². The Hall–Kier alpha value is -3.61. The van der Waals surface area contributed by atoms with E-state index in [1.807, 2.05) is 24.3 Å². The van der Waals surface area contributed by atoms with E-state index >= 15 is 0 Å². The topological polar surface area (TPSA) is 128 Å². The number of anilines is 1. The average molecular weight is 526 g/mol. The molecule has 0 bridgehead atoms. The van der Waals surface area contributed by atoms with E-state index in [0.717, 1.165) is 28.4 Å². The molecule has 0 N–H and O–H groups in total.